The fraction of sp³-hybridized carbons (Fsp3) is 0.385. The van der Waals surface area contributed by atoms with Crippen molar-refractivity contribution in [3.63, 3.8) is 0 Å². The van der Waals surface area contributed by atoms with Gasteiger partial charge in [-0.15, -0.1) is 0 Å². The second kappa shape index (κ2) is 11.6. The third-order valence-corrected chi connectivity index (χ3v) is 9.87. The van der Waals surface area contributed by atoms with E-state index in [-0.39, 0.29) is 46.6 Å². The largest absolute Gasteiger partial charge is 0.486 e. The maximum Gasteiger partial charge on any atom is 0.262 e. The molecule has 2 heterocycles. The van der Waals surface area contributed by atoms with Crippen LogP contribution in [0.5, 0.6) is 5.75 Å². The van der Waals surface area contributed by atoms with E-state index in [4.69, 9.17) is 4.74 Å². The van der Waals surface area contributed by atoms with E-state index in [1.807, 2.05) is 0 Å². The molecular weight excluding hydrogens is 558 g/mol. The molecule has 1 amide bonds. The Hall–Kier alpha value is -3.46. The highest BCUT2D eigenvalue weighted by Crippen LogP contribution is 2.36. The Morgan fingerprint density at radius 1 is 1.15 bits per heavy atom. The van der Waals surface area contributed by atoms with Crippen LogP contribution in [0.1, 0.15) is 24.2 Å². The number of carbonyl (C=O) groups excluding carboxylic acids is 1. The summed E-state index contributed by atoms with van der Waals surface area (Å²) in [5.74, 6) is -0.884. The van der Waals surface area contributed by atoms with Crippen molar-refractivity contribution in [1.29, 1.82) is 0 Å². The van der Waals surface area contributed by atoms with E-state index in [2.05, 4.69) is 9.71 Å². The van der Waals surface area contributed by atoms with Gasteiger partial charge in [0, 0.05) is 32.8 Å². The van der Waals surface area contributed by atoms with Gasteiger partial charge >= 0.3 is 0 Å². The molecule has 216 valence electrons. The summed E-state index contributed by atoms with van der Waals surface area (Å²) in [6.07, 6.45) is 1.98. The van der Waals surface area contributed by atoms with Crippen LogP contribution < -0.4 is 9.46 Å². The smallest absolute Gasteiger partial charge is 0.262 e. The molecule has 2 N–H and O–H groups in total. The Bertz CT molecular complexity index is 1580. The molecular formula is C26H33N5O7S2. The number of likely N-dealkylation sites (N-methyl/N-ethyl adjacent to an activating group) is 1. The topological polar surface area (TPSA) is 151 Å². The van der Waals surface area contributed by atoms with Crippen molar-refractivity contribution in [2.75, 3.05) is 31.5 Å². The van der Waals surface area contributed by atoms with Crippen LogP contribution in [0.3, 0.4) is 0 Å². The van der Waals surface area contributed by atoms with Gasteiger partial charge in [0.05, 0.1) is 41.7 Å². The number of nitrogens with zero attached hydrogens (tertiary/aromatic N) is 4. The normalized spacial score (nSPS) is 18.9. The highest BCUT2D eigenvalue weighted by molar-refractivity contribution is 7.92. The molecule has 0 radical (unpaired) electrons. The van der Waals surface area contributed by atoms with Crippen LogP contribution in [0.25, 0.3) is 0 Å². The summed E-state index contributed by atoms with van der Waals surface area (Å²) in [6, 6.07) is 11.7. The first-order chi connectivity index (χ1) is 18.8. The minimum atomic E-state index is -4.04. The third-order valence-electron chi connectivity index (χ3n) is 6.78. The Morgan fingerprint density at radius 3 is 2.48 bits per heavy atom. The predicted molar refractivity (Wildman–Crippen MR) is 148 cm³/mol. The average Bonchev–Trinajstić information content (AvgIpc) is 3.38. The first-order valence-electron chi connectivity index (χ1n) is 12.6. The monoisotopic (exact) mass is 591 g/mol. The standard InChI is InChI=1S/C26H33N5O7S2/c1-18-13-31(19(2)16-32)26(33)21-11-8-12-22(28-39(34,35)20-9-6-5-7-10-20)25(21)38-23(18)14-30(4)40(36,37)24-15-29(3)17-27-24/h5-12,15,17-19,23,28,32H,13-14,16H2,1-4H3/t18-,19+,23-/m0/s1. The lowest BCUT2D eigenvalue weighted by molar-refractivity contribution is 0.0389. The fourth-order valence-electron chi connectivity index (χ4n) is 4.38. The van der Waals surface area contributed by atoms with E-state index < -0.39 is 44.0 Å². The van der Waals surface area contributed by atoms with E-state index in [0.717, 1.165) is 4.31 Å². The number of ether oxygens (including phenoxy) is 1. The predicted octanol–water partition coefficient (Wildman–Crippen LogP) is 1.76. The lowest BCUT2D eigenvalue weighted by Gasteiger charge is -2.38. The number of fused-ring (bicyclic) bond motifs is 1. The van der Waals surface area contributed by atoms with Gasteiger partial charge in [-0.3, -0.25) is 9.52 Å². The van der Waals surface area contributed by atoms with Crippen LogP contribution in [0.4, 0.5) is 5.69 Å². The molecule has 1 aliphatic heterocycles. The van der Waals surface area contributed by atoms with Gasteiger partial charge in [0.15, 0.2) is 10.8 Å². The number of aryl methyl sites for hydroxylation is 1. The molecule has 3 atom stereocenters. The zero-order chi connectivity index (χ0) is 29.2. The lowest BCUT2D eigenvalue weighted by Crippen LogP contribution is -2.50. The van der Waals surface area contributed by atoms with E-state index in [0.29, 0.717) is 0 Å². The number of aliphatic hydroxyl groups is 1. The zero-order valence-electron chi connectivity index (χ0n) is 22.6. The number of hydrogen-bond acceptors (Lipinski definition) is 8. The van der Waals surface area contributed by atoms with E-state index >= 15 is 0 Å². The Balaban J connectivity index is 1.76. The number of sulfonamides is 2. The number of anilines is 1. The van der Waals surface area contributed by atoms with Crippen LogP contribution in [0, 0.1) is 5.92 Å². The molecule has 40 heavy (non-hydrogen) atoms. The molecule has 0 saturated carbocycles. The second-order valence-electron chi connectivity index (χ2n) is 9.89. The number of hydrogen-bond donors (Lipinski definition) is 2. The number of aromatic nitrogens is 2. The van der Waals surface area contributed by atoms with Crippen molar-refractivity contribution in [3.8, 4) is 5.75 Å². The summed E-state index contributed by atoms with van der Waals surface area (Å²) < 4.78 is 64.3. The number of amides is 1. The molecule has 0 bridgehead atoms. The second-order valence-corrected chi connectivity index (χ2v) is 13.6. The number of rotatable bonds is 9. The molecule has 3 aromatic rings. The lowest BCUT2D eigenvalue weighted by atomic mass is 9.99. The van der Waals surface area contributed by atoms with Crippen molar-refractivity contribution < 1.29 is 31.5 Å². The molecule has 0 fully saturated rings. The van der Waals surface area contributed by atoms with Crippen molar-refractivity contribution in [2.45, 2.75) is 35.9 Å². The van der Waals surface area contributed by atoms with Crippen molar-refractivity contribution >= 4 is 31.6 Å². The average molecular weight is 592 g/mol. The molecule has 2 aromatic carbocycles. The van der Waals surface area contributed by atoms with Crippen LogP contribution in [-0.4, -0.2) is 85.5 Å². The number of benzene rings is 2. The summed E-state index contributed by atoms with van der Waals surface area (Å²) >= 11 is 0. The fourth-order valence-corrected chi connectivity index (χ4v) is 6.60. The molecule has 14 heteroatoms. The summed E-state index contributed by atoms with van der Waals surface area (Å²) in [6.45, 7) is 3.25. The molecule has 4 rings (SSSR count). The van der Waals surface area contributed by atoms with Gasteiger partial charge in [0.25, 0.3) is 26.0 Å². The van der Waals surface area contributed by atoms with Gasteiger partial charge in [-0.1, -0.05) is 31.2 Å². The SMILES string of the molecule is C[C@H](CO)N1C[C@H](C)[C@H](CN(C)S(=O)(=O)c2cn(C)cn2)Oc2c(NS(=O)(=O)c3ccccc3)cccc2C1=O. The summed E-state index contributed by atoms with van der Waals surface area (Å²) in [5.41, 5.74) is 0.112. The maximum atomic E-state index is 13.6. The number of nitrogens with one attached hydrogen (secondary N) is 1. The molecule has 1 aliphatic rings. The van der Waals surface area contributed by atoms with E-state index in [1.165, 1.54) is 59.4 Å². The minimum absolute atomic E-state index is 0.0198. The van der Waals surface area contributed by atoms with Crippen molar-refractivity contribution in [1.82, 2.24) is 18.8 Å². The number of para-hydroxylation sites is 1. The maximum absolute atomic E-state index is 13.6. The first-order valence-corrected chi connectivity index (χ1v) is 15.5. The van der Waals surface area contributed by atoms with E-state index in [9.17, 15) is 26.7 Å². The van der Waals surface area contributed by atoms with Crippen molar-refractivity contribution in [3.05, 3.63) is 66.6 Å². The summed E-state index contributed by atoms with van der Waals surface area (Å²) in [4.78, 5) is 19.1. The zero-order valence-corrected chi connectivity index (χ0v) is 24.3. The number of carbonyl (C=O) groups is 1. The van der Waals surface area contributed by atoms with Gasteiger partial charge in [0.1, 0.15) is 6.10 Å². The Kier molecular flexibility index (Phi) is 8.54. The first kappa shape index (κ1) is 29.5. The van der Waals surface area contributed by atoms with Gasteiger partial charge in [-0.05, 0) is 31.2 Å². The number of imidazole rings is 1. The van der Waals surface area contributed by atoms with Gasteiger partial charge in [-0.25, -0.2) is 21.8 Å². The minimum Gasteiger partial charge on any atom is -0.486 e. The highest BCUT2D eigenvalue weighted by atomic mass is 32.2. The van der Waals surface area contributed by atoms with Crippen LogP contribution >= 0.6 is 0 Å². The Labute approximate surface area is 234 Å². The molecule has 0 unspecified atom stereocenters. The number of aliphatic hydroxyl groups excluding tert-OH is 1. The van der Waals surface area contributed by atoms with Crippen LogP contribution in [0.15, 0.2) is 71.0 Å². The van der Waals surface area contributed by atoms with Gasteiger partial charge < -0.3 is 19.3 Å². The van der Waals surface area contributed by atoms with Crippen LogP contribution in [0.2, 0.25) is 0 Å². The highest BCUT2D eigenvalue weighted by Gasteiger charge is 2.37. The van der Waals surface area contributed by atoms with Gasteiger partial charge in [-0.2, -0.15) is 4.31 Å². The third kappa shape index (κ3) is 5.99. The van der Waals surface area contributed by atoms with Gasteiger partial charge in [0.2, 0.25) is 0 Å². The summed E-state index contributed by atoms with van der Waals surface area (Å²) in [7, 11) is -4.95. The van der Waals surface area contributed by atoms with Crippen LogP contribution in [-0.2, 0) is 27.1 Å². The summed E-state index contributed by atoms with van der Waals surface area (Å²) in [5, 5.41) is 9.74. The molecule has 0 spiro atoms. The molecule has 12 nitrogen and oxygen atoms in total. The van der Waals surface area contributed by atoms with Crippen molar-refractivity contribution in [2.24, 2.45) is 13.0 Å². The quantitative estimate of drug-likeness (QED) is 0.382. The van der Waals surface area contributed by atoms with E-state index in [1.54, 1.807) is 39.1 Å². The molecule has 0 aliphatic carbocycles. The molecule has 0 saturated heterocycles. The molecule has 1 aromatic heterocycles. The Morgan fingerprint density at radius 2 is 1.85 bits per heavy atom.